The summed E-state index contributed by atoms with van der Waals surface area (Å²) in [6.45, 7) is 6.92. The van der Waals surface area contributed by atoms with Crippen LogP contribution < -0.4 is 4.74 Å². The minimum absolute atomic E-state index is 0.657. The van der Waals surface area contributed by atoms with Crippen LogP contribution in [0.3, 0.4) is 0 Å². The first-order chi connectivity index (χ1) is 6.75. The van der Waals surface area contributed by atoms with E-state index in [0.29, 0.717) is 5.92 Å². The lowest BCUT2D eigenvalue weighted by Crippen LogP contribution is -2.10. The molecule has 0 saturated heterocycles. The molecule has 2 heterocycles. The van der Waals surface area contributed by atoms with E-state index in [0.717, 1.165) is 25.2 Å². The lowest BCUT2D eigenvalue weighted by molar-refractivity contribution is 0.252. The van der Waals surface area contributed by atoms with Gasteiger partial charge in [0, 0.05) is 10.9 Å². The summed E-state index contributed by atoms with van der Waals surface area (Å²) in [7, 11) is 0. The molecule has 1 aromatic heterocycles. The summed E-state index contributed by atoms with van der Waals surface area (Å²) in [6, 6.07) is 0. The van der Waals surface area contributed by atoms with Crippen LogP contribution in [0.1, 0.15) is 25.3 Å². The first-order valence-electron chi connectivity index (χ1n) is 5.08. The monoisotopic (exact) mass is 208 g/mol. The highest BCUT2D eigenvalue weighted by atomic mass is 32.1. The van der Waals surface area contributed by atoms with E-state index >= 15 is 0 Å². The van der Waals surface area contributed by atoms with Crippen molar-refractivity contribution in [2.75, 3.05) is 6.61 Å². The molecular formula is C12H16OS. The molecule has 76 valence electrons. The fourth-order valence-electron chi connectivity index (χ4n) is 1.92. The Morgan fingerprint density at radius 2 is 2.50 bits per heavy atom. The summed E-state index contributed by atoms with van der Waals surface area (Å²) in [5.74, 6) is 1.77. The van der Waals surface area contributed by atoms with E-state index in [2.05, 4.69) is 24.3 Å². The maximum absolute atomic E-state index is 5.77. The fraction of sp³-hybridized carbons (Fsp3) is 0.500. The number of ether oxygens (including phenoxy) is 1. The Kier molecular flexibility index (Phi) is 2.92. The van der Waals surface area contributed by atoms with Gasteiger partial charge in [0.25, 0.3) is 0 Å². The molecule has 1 aliphatic heterocycles. The highest BCUT2D eigenvalue weighted by Crippen LogP contribution is 2.31. The van der Waals surface area contributed by atoms with Gasteiger partial charge in [0.15, 0.2) is 0 Å². The van der Waals surface area contributed by atoms with Crippen molar-refractivity contribution in [3.05, 3.63) is 28.5 Å². The number of aryl methyl sites for hydroxylation is 1. The molecule has 1 aromatic rings. The molecule has 1 nitrogen and oxygen atoms in total. The van der Waals surface area contributed by atoms with Gasteiger partial charge in [-0.3, -0.25) is 0 Å². The highest BCUT2D eigenvalue weighted by molar-refractivity contribution is 7.08. The lowest BCUT2D eigenvalue weighted by atomic mass is 9.96. The van der Waals surface area contributed by atoms with Gasteiger partial charge in [0.2, 0.25) is 0 Å². The van der Waals surface area contributed by atoms with Gasteiger partial charge in [0.05, 0.1) is 6.61 Å². The highest BCUT2D eigenvalue weighted by Gasteiger charge is 2.17. The average Bonchev–Trinajstić information content (AvgIpc) is 2.50. The van der Waals surface area contributed by atoms with E-state index in [1.165, 1.54) is 17.6 Å². The second kappa shape index (κ2) is 4.18. The number of thiophene rings is 1. The Bertz CT molecular complexity index is 304. The maximum atomic E-state index is 5.77. The summed E-state index contributed by atoms with van der Waals surface area (Å²) >= 11 is 1.74. The SMILES string of the molecule is C=C(C)CC1CCc2cscc2OC1. The molecule has 1 atom stereocenters. The first kappa shape index (κ1) is 9.78. The number of hydrogen-bond donors (Lipinski definition) is 0. The minimum atomic E-state index is 0.657. The van der Waals surface area contributed by atoms with Crippen molar-refractivity contribution < 1.29 is 4.74 Å². The van der Waals surface area contributed by atoms with Crippen molar-refractivity contribution >= 4 is 11.3 Å². The molecule has 0 saturated carbocycles. The van der Waals surface area contributed by atoms with Crippen LogP contribution in [0.2, 0.25) is 0 Å². The minimum Gasteiger partial charge on any atom is -0.492 e. The zero-order valence-corrected chi connectivity index (χ0v) is 9.40. The van der Waals surface area contributed by atoms with Gasteiger partial charge in [-0.25, -0.2) is 0 Å². The average molecular weight is 208 g/mol. The summed E-state index contributed by atoms with van der Waals surface area (Å²) in [4.78, 5) is 0. The van der Waals surface area contributed by atoms with Gasteiger partial charge >= 0.3 is 0 Å². The van der Waals surface area contributed by atoms with Crippen LogP contribution in [-0.2, 0) is 6.42 Å². The van der Waals surface area contributed by atoms with Crippen molar-refractivity contribution in [2.45, 2.75) is 26.2 Å². The Morgan fingerprint density at radius 1 is 1.64 bits per heavy atom. The molecule has 2 rings (SSSR count). The van der Waals surface area contributed by atoms with E-state index in [1.807, 2.05) is 0 Å². The van der Waals surface area contributed by atoms with Crippen LogP contribution in [0, 0.1) is 5.92 Å². The quantitative estimate of drug-likeness (QED) is 0.674. The van der Waals surface area contributed by atoms with Crippen molar-refractivity contribution in [1.29, 1.82) is 0 Å². The standard InChI is InChI=1S/C12H16OS/c1-9(2)5-10-3-4-11-7-14-8-12(11)13-6-10/h7-8,10H,1,3-6H2,2H3. The molecule has 0 aliphatic carbocycles. The van der Waals surface area contributed by atoms with Crippen LogP contribution in [-0.4, -0.2) is 6.61 Å². The molecule has 0 radical (unpaired) electrons. The van der Waals surface area contributed by atoms with Gasteiger partial charge < -0.3 is 4.74 Å². The van der Waals surface area contributed by atoms with E-state index in [-0.39, 0.29) is 0 Å². The van der Waals surface area contributed by atoms with Crippen LogP contribution in [0.5, 0.6) is 5.75 Å². The zero-order valence-electron chi connectivity index (χ0n) is 8.58. The second-order valence-electron chi connectivity index (χ2n) is 4.14. The predicted molar refractivity (Wildman–Crippen MR) is 61.1 cm³/mol. The summed E-state index contributed by atoms with van der Waals surface area (Å²) in [6.07, 6.45) is 3.50. The Balaban J connectivity index is 1.99. The van der Waals surface area contributed by atoms with Crippen LogP contribution in [0.25, 0.3) is 0 Å². The molecule has 1 aliphatic rings. The van der Waals surface area contributed by atoms with Crippen molar-refractivity contribution in [3.8, 4) is 5.75 Å². The lowest BCUT2D eigenvalue weighted by Gasteiger charge is -2.13. The van der Waals surface area contributed by atoms with Gasteiger partial charge in [-0.15, -0.1) is 17.9 Å². The van der Waals surface area contributed by atoms with Crippen LogP contribution in [0.4, 0.5) is 0 Å². The molecule has 14 heavy (non-hydrogen) atoms. The third-order valence-electron chi connectivity index (χ3n) is 2.64. The molecule has 0 aromatic carbocycles. The normalized spacial score (nSPS) is 20.8. The molecule has 2 heteroatoms. The van der Waals surface area contributed by atoms with Crippen LogP contribution in [0.15, 0.2) is 22.9 Å². The van der Waals surface area contributed by atoms with Gasteiger partial charge in [-0.2, -0.15) is 0 Å². The number of rotatable bonds is 2. The molecule has 0 spiro atoms. The topological polar surface area (TPSA) is 9.23 Å². The predicted octanol–water partition coefficient (Wildman–Crippen LogP) is 3.66. The number of allylic oxidation sites excluding steroid dienone is 1. The summed E-state index contributed by atoms with van der Waals surface area (Å²) in [5.41, 5.74) is 2.65. The Labute approximate surface area is 89.4 Å². The number of hydrogen-bond acceptors (Lipinski definition) is 2. The smallest absolute Gasteiger partial charge is 0.133 e. The Morgan fingerprint density at radius 3 is 3.29 bits per heavy atom. The Hall–Kier alpha value is -0.760. The molecule has 1 unspecified atom stereocenters. The van der Waals surface area contributed by atoms with Gasteiger partial charge in [-0.1, -0.05) is 5.57 Å². The van der Waals surface area contributed by atoms with E-state index < -0.39 is 0 Å². The maximum Gasteiger partial charge on any atom is 0.133 e. The van der Waals surface area contributed by atoms with Crippen LogP contribution >= 0.6 is 11.3 Å². The van der Waals surface area contributed by atoms with Gasteiger partial charge in [0.1, 0.15) is 5.75 Å². The molecule has 0 N–H and O–H groups in total. The third kappa shape index (κ3) is 2.18. The summed E-state index contributed by atoms with van der Waals surface area (Å²) < 4.78 is 5.77. The molecular weight excluding hydrogens is 192 g/mol. The van der Waals surface area contributed by atoms with Crippen molar-refractivity contribution in [1.82, 2.24) is 0 Å². The third-order valence-corrected chi connectivity index (χ3v) is 3.41. The van der Waals surface area contributed by atoms with E-state index in [1.54, 1.807) is 11.3 Å². The molecule has 0 bridgehead atoms. The van der Waals surface area contributed by atoms with E-state index in [9.17, 15) is 0 Å². The number of fused-ring (bicyclic) bond motifs is 1. The van der Waals surface area contributed by atoms with E-state index in [4.69, 9.17) is 4.74 Å². The molecule has 0 amide bonds. The molecule has 0 fully saturated rings. The zero-order chi connectivity index (χ0) is 9.97. The second-order valence-corrected chi connectivity index (χ2v) is 4.88. The van der Waals surface area contributed by atoms with Gasteiger partial charge in [-0.05, 0) is 37.5 Å². The largest absolute Gasteiger partial charge is 0.492 e. The van der Waals surface area contributed by atoms with Crippen molar-refractivity contribution in [2.24, 2.45) is 5.92 Å². The summed E-state index contributed by atoms with van der Waals surface area (Å²) in [5, 5.41) is 4.32. The fourth-order valence-corrected chi connectivity index (χ4v) is 2.73. The van der Waals surface area contributed by atoms with Crippen molar-refractivity contribution in [3.63, 3.8) is 0 Å². The first-order valence-corrected chi connectivity index (χ1v) is 6.02.